The van der Waals surface area contributed by atoms with Crippen molar-refractivity contribution >= 4 is 41.7 Å². The molecule has 23 heavy (non-hydrogen) atoms. The van der Waals surface area contributed by atoms with Crippen molar-refractivity contribution in [2.75, 3.05) is 39.1 Å². The van der Waals surface area contributed by atoms with Gasteiger partial charge in [-0.15, -0.1) is 35.7 Å². The Kier molecular flexibility index (Phi) is 9.23. The van der Waals surface area contributed by atoms with E-state index in [-0.39, 0.29) is 35.2 Å². The first kappa shape index (κ1) is 20.5. The molecule has 0 aliphatic carbocycles. The van der Waals surface area contributed by atoms with E-state index in [1.54, 1.807) is 18.8 Å². The molecule has 1 aromatic carbocycles. The van der Waals surface area contributed by atoms with Crippen molar-refractivity contribution in [2.24, 2.45) is 10.4 Å². The maximum absolute atomic E-state index is 12.8. The third-order valence-electron chi connectivity index (χ3n) is 3.50. The van der Waals surface area contributed by atoms with Crippen LogP contribution in [0.5, 0.6) is 0 Å². The minimum Gasteiger partial charge on any atom is -0.380 e. The maximum Gasteiger partial charge on any atom is 0.190 e. The summed E-state index contributed by atoms with van der Waals surface area (Å²) < 4.78 is 18.0. The number of rotatable bonds is 7. The summed E-state index contributed by atoms with van der Waals surface area (Å²) in [4.78, 5) is 5.32. The number of nitrogens with zero attached hydrogens (tertiary/aromatic N) is 1. The summed E-state index contributed by atoms with van der Waals surface area (Å²) in [6, 6.07) is 6.62. The standard InChI is InChI=1S/C16H24FN3OS.HI/c1-16(11-21-12-16)10-20-15(18-2)19-8-3-9-22-14-6-4-13(17)5-7-14;/h4-7H,3,8-12H2,1-2H3,(H2,18,19,20);1H. The molecule has 1 aliphatic rings. The highest BCUT2D eigenvalue weighted by atomic mass is 127. The number of nitrogens with one attached hydrogen (secondary N) is 2. The highest BCUT2D eigenvalue weighted by Gasteiger charge is 2.33. The van der Waals surface area contributed by atoms with Gasteiger partial charge in [-0.2, -0.15) is 0 Å². The SMILES string of the molecule is CN=C(NCCCSc1ccc(F)cc1)NCC1(C)COC1.I. The van der Waals surface area contributed by atoms with Crippen molar-refractivity contribution in [1.29, 1.82) is 0 Å². The monoisotopic (exact) mass is 453 g/mol. The fraction of sp³-hybridized carbons (Fsp3) is 0.562. The molecular weight excluding hydrogens is 428 g/mol. The van der Waals surface area contributed by atoms with E-state index in [1.165, 1.54) is 12.1 Å². The van der Waals surface area contributed by atoms with Crippen LogP contribution in [-0.2, 0) is 4.74 Å². The van der Waals surface area contributed by atoms with E-state index in [2.05, 4.69) is 22.5 Å². The number of thioether (sulfide) groups is 1. The van der Waals surface area contributed by atoms with Gasteiger partial charge in [-0.3, -0.25) is 4.99 Å². The largest absolute Gasteiger partial charge is 0.380 e. The number of hydrogen-bond donors (Lipinski definition) is 2. The Morgan fingerprint density at radius 2 is 2.00 bits per heavy atom. The van der Waals surface area contributed by atoms with Crippen LogP contribution in [0.15, 0.2) is 34.2 Å². The zero-order chi connectivity index (χ0) is 15.8. The smallest absolute Gasteiger partial charge is 0.190 e. The highest BCUT2D eigenvalue weighted by Crippen LogP contribution is 2.24. The van der Waals surface area contributed by atoms with Gasteiger partial charge in [0.05, 0.1) is 13.2 Å². The highest BCUT2D eigenvalue weighted by molar-refractivity contribution is 14.0. The van der Waals surface area contributed by atoms with E-state index >= 15 is 0 Å². The number of halogens is 2. The van der Waals surface area contributed by atoms with Crippen LogP contribution in [0.3, 0.4) is 0 Å². The molecule has 0 bridgehead atoms. The number of hydrogen-bond acceptors (Lipinski definition) is 3. The average molecular weight is 453 g/mol. The fourth-order valence-corrected chi connectivity index (χ4v) is 2.92. The normalized spacial score (nSPS) is 16.2. The topological polar surface area (TPSA) is 45.7 Å². The first-order valence-corrected chi connectivity index (χ1v) is 8.50. The van der Waals surface area contributed by atoms with Crippen LogP contribution < -0.4 is 10.6 Å². The predicted molar refractivity (Wildman–Crippen MR) is 105 cm³/mol. The lowest BCUT2D eigenvalue weighted by Gasteiger charge is -2.38. The average Bonchev–Trinajstić information content (AvgIpc) is 2.50. The molecule has 0 saturated carbocycles. The molecule has 1 aliphatic heterocycles. The summed E-state index contributed by atoms with van der Waals surface area (Å²) in [5.41, 5.74) is 0.232. The van der Waals surface area contributed by atoms with Gasteiger partial charge in [0.2, 0.25) is 0 Å². The van der Waals surface area contributed by atoms with E-state index in [9.17, 15) is 4.39 Å². The molecule has 1 fully saturated rings. The van der Waals surface area contributed by atoms with Gasteiger partial charge in [0.1, 0.15) is 5.82 Å². The minimum atomic E-state index is -0.188. The fourth-order valence-electron chi connectivity index (χ4n) is 2.07. The molecule has 0 unspecified atom stereocenters. The summed E-state index contributed by atoms with van der Waals surface area (Å²) in [7, 11) is 1.78. The minimum absolute atomic E-state index is 0. The molecule has 1 heterocycles. The molecule has 7 heteroatoms. The van der Waals surface area contributed by atoms with Crippen LogP contribution in [0.25, 0.3) is 0 Å². The first-order chi connectivity index (χ1) is 10.6. The first-order valence-electron chi connectivity index (χ1n) is 7.52. The molecule has 1 saturated heterocycles. The third-order valence-corrected chi connectivity index (χ3v) is 4.60. The molecular formula is C16H25FIN3OS. The summed E-state index contributed by atoms with van der Waals surface area (Å²) >= 11 is 1.74. The second kappa shape index (κ2) is 10.4. The second-order valence-electron chi connectivity index (χ2n) is 5.81. The molecule has 4 nitrogen and oxygen atoms in total. The third kappa shape index (κ3) is 7.26. The van der Waals surface area contributed by atoms with Crippen LogP contribution in [-0.4, -0.2) is 45.1 Å². The Bertz CT molecular complexity index is 495. The van der Waals surface area contributed by atoms with Crippen molar-refractivity contribution in [1.82, 2.24) is 10.6 Å². The van der Waals surface area contributed by atoms with Crippen molar-refractivity contribution in [2.45, 2.75) is 18.2 Å². The maximum atomic E-state index is 12.8. The Hall–Kier alpha value is -0.540. The molecule has 0 radical (unpaired) electrons. The van der Waals surface area contributed by atoms with Gasteiger partial charge in [-0.1, -0.05) is 6.92 Å². The van der Waals surface area contributed by atoms with Gasteiger partial charge in [-0.25, -0.2) is 4.39 Å². The van der Waals surface area contributed by atoms with Gasteiger partial charge in [0.25, 0.3) is 0 Å². The van der Waals surface area contributed by atoms with Crippen LogP contribution in [0.4, 0.5) is 4.39 Å². The summed E-state index contributed by atoms with van der Waals surface area (Å²) in [5, 5.41) is 6.65. The Morgan fingerprint density at radius 3 is 2.57 bits per heavy atom. The predicted octanol–water partition coefficient (Wildman–Crippen LogP) is 3.13. The van der Waals surface area contributed by atoms with Crippen LogP contribution in [0.2, 0.25) is 0 Å². The van der Waals surface area contributed by atoms with Gasteiger partial charge in [0, 0.05) is 30.4 Å². The van der Waals surface area contributed by atoms with Crippen molar-refractivity contribution in [3.63, 3.8) is 0 Å². The molecule has 0 atom stereocenters. The number of benzene rings is 1. The molecule has 2 rings (SSSR count). The van der Waals surface area contributed by atoms with E-state index in [1.807, 2.05) is 12.1 Å². The molecule has 130 valence electrons. The molecule has 1 aromatic rings. The van der Waals surface area contributed by atoms with Crippen LogP contribution >= 0.6 is 35.7 Å². The Labute approximate surface area is 159 Å². The lowest BCUT2D eigenvalue weighted by Crippen LogP contribution is -2.51. The summed E-state index contributed by atoms with van der Waals surface area (Å²) in [5.74, 6) is 1.63. The molecule has 0 aromatic heterocycles. The molecule has 0 amide bonds. The van der Waals surface area contributed by atoms with Crippen LogP contribution in [0.1, 0.15) is 13.3 Å². The van der Waals surface area contributed by atoms with Crippen molar-refractivity contribution in [3.8, 4) is 0 Å². The van der Waals surface area contributed by atoms with Crippen molar-refractivity contribution < 1.29 is 9.13 Å². The quantitative estimate of drug-likeness (QED) is 0.219. The number of aliphatic imine (C=N–C) groups is 1. The van der Waals surface area contributed by atoms with E-state index in [0.717, 1.165) is 49.3 Å². The zero-order valence-electron chi connectivity index (χ0n) is 13.6. The zero-order valence-corrected chi connectivity index (χ0v) is 16.7. The van der Waals surface area contributed by atoms with E-state index in [4.69, 9.17) is 4.74 Å². The Morgan fingerprint density at radius 1 is 1.30 bits per heavy atom. The van der Waals surface area contributed by atoms with Crippen molar-refractivity contribution in [3.05, 3.63) is 30.1 Å². The summed E-state index contributed by atoms with van der Waals surface area (Å²) in [6.07, 6.45) is 1.02. The Balaban J connectivity index is 0.00000264. The van der Waals surface area contributed by atoms with Gasteiger partial charge >= 0.3 is 0 Å². The van der Waals surface area contributed by atoms with E-state index < -0.39 is 0 Å². The number of guanidine groups is 1. The lowest BCUT2D eigenvalue weighted by atomic mass is 9.89. The lowest BCUT2D eigenvalue weighted by molar-refractivity contribution is -0.0971. The van der Waals surface area contributed by atoms with Gasteiger partial charge in [0.15, 0.2) is 5.96 Å². The second-order valence-corrected chi connectivity index (χ2v) is 6.98. The molecule has 2 N–H and O–H groups in total. The number of ether oxygens (including phenoxy) is 1. The van der Waals surface area contributed by atoms with Gasteiger partial charge < -0.3 is 15.4 Å². The van der Waals surface area contributed by atoms with E-state index in [0.29, 0.717) is 0 Å². The summed E-state index contributed by atoms with van der Waals surface area (Å²) in [6.45, 7) is 5.56. The molecule has 0 spiro atoms. The van der Waals surface area contributed by atoms with Gasteiger partial charge in [-0.05, 0) is 36.4 Å². The van der Waals surface area contributed by atoms with Crippen LogP contribution in [0, 0.1) is 11.2 Å².